The molecule has 0 aliphatic heterocycles. The van der Waals surface area contributed by atoms with E-state index in [9.17, 15) is 3.89 Å². The summed E-state index contributed by atoms with van der Waals surface area (Å²) >= 11 is 0.346. The van der Waals surface area contributed by atoms with Crippen LogP contribution in [0.1, 0.15) is 6.42 Å². The Kier molecular flexibility index (Phi) is 5.45. The minimum atomic E-state index is 0.346. The van der Waals surface area contributed by atoms with Crippen LogP contribution in [0.2, 0.25) is 0 Å². The third kappa shape index (κ3) is 4.24. The SMILES string of the molecule is NCCCSF. The van der Waals surface area contributed by atoms with Crippen LogP contribution < -0.4 is 5.73 Å². The van der Waals surface area contributed by atoms with Gasteiger partial charge in [-0.2, -0.15) is 3.89 Å². The second-order valence-electron chi connectivity index (χ2n) is 0.955. The van der Waals surface area contributed by atoms with Crippen LogP contribution in [-0.2, 0) is 0 Å². The van der Waals surface area contributed by atoms with Crippen molar-refractivity contribution < 1.29 is 3.89 Å². The van der Waals surface area contributed by atoms with E-state index in [2.05, 4.69) is 0 Å². The Morgan fingerprint density at radius 3 is 2.50 bits per heavy atom. The normalized spacial score (nSPS) is 9.00. The molecular formula is C3H8FNS. The van der Waals surface area contributed by atoms with E-state index >= 15 is 0 Å². The second kappa shape index (κ2) is 5.24. The van der Waals surface area contributed by atoms with Crippen molar-refractivity contribution in [3.8, 4) is 0 Å². The number of hydrogen-bond acceptors (Lipinski definition) is 2. The topological polar surface area (TPSA) is 26.0 Å². The Balaban J connectivity index is 2.34. The molecule has 2 N–H and O–H groups in total. The van der Waals surface area contributed by atoms with E-state index in [1.54, 1.807) is 0 Å². The summed E-state index contributed by atoms with van der Waals surface area (Å²) in [6.07, 6.45) is 0.779. The Labute approximate surface area is 41.4 Å². The van der Waals surface area contributed by atoms with E-state index in [1.807, 2.05) is 0 Å². The molecule has 0 saturated heterocycles. The standard InChI is InChI=1S/C3H8FNS/c4-6-3-1-2-5/h1-3,5H2. The molecule has 0 heterocycles. The van der Waals surface area contributed by atoms with Crippen LogP contribution in [0.5, 0.6) is 0 Å². The van der Waals surface area contributed by atoms with E-state index in [4.69, 9.17) is 5.73 Å². The predicted octanol–water partition coefficient (Wildman–Crippen LogP) is 0.953. The Morgan fingerprint density at radius 1 is 1.67 bits per heavy atom. The zero-order chi connectivity index (χ0) is 4.83. The monoisotopic (exact) mass is 109 g/mol. The third-order valence-corrected chi connectivity index (χ3v) is 0.869. The molecule has 0 aliphatic carbocycles. The fraction of sp³-hybridized carbons (Fsp3) is 1.00. The molecule has 0 atom stereocenters. The lowest BCUT2D eigenvalue weighted by Gasteiger charge is -1.83. The van der Waals surface area contributed by atoms with Gasteiger partial charge < -0.3 is 5.73 Å². The molecule has 0 rings (SSSR count). The first-order valence-corrected chi connectivity index (χ1v) is 2.74. The van der Waals surface area contributed by atoms with Crippen LogP contribution in [0.4, 0.5) is 3.89 Å². The van der Waals surface area contributed by atoms with Gasteiger partial charge in [-0.05, 0) is 13.0 Å². The number of halogens is 1. The number of nitrogens with two attached hydrogens (primary N) is 1. The molecule has 0 aliphatic rings. The fourth-order valence-corrected chi connectivity index (χ4v) is 0.414. The maximum atomic E-state index is 11.0. The summed E-state index contributed by atoms with van der Waals surface area (Å²) < 4.78 is 11.0. The first-order chi connectivity index (χ1) is 2.91. The molecule has 0 saturated carbocycles. The average Bonchev–Trinajstić information content (AvgIpc) is 1.61. The summed E-state index contributed by atoms with van der Waals surface area (Å²) in [6, 6.07) is 0. The van der Waals surface area contributed by atoms with Gasteiger partial charge in [0.1, 0.15) is 0 Å². The zero-order valence-electron chi connectivity index (χ0n) is 3.48. The van der Waals surface area contributed by atoms with Gasteiger partial charge in [0.15, 0.2) is 0 Å². The highest BCUT2D eigenvalue weighted by molar-refractivity contribution is 7.94. The second-order valence-corrected chi connectivity index (χ2v) is 1.58. The third-order valence-electron chi connectivity index (χ3n) is 0.426. The summed E-state index contributed by atoms with van der Waals surface area (Å²) in [5.41, 5.74) is 5.03. The smallest absolute Gasteiger partial charge is 0.0443 e. The quantitative estimate of drug-likeness (QED) is 0.546. The van der Waals surface area contributed by atoms with Crippen LogP contribution in [-0.4, -0.2) is 12.3 Å². The van der Waals surface area contributed by atoms with Crippen molar-refractivity contribution in [2.75, 3.05) is 12.3 Å². The molecule has 0 aromatic carbocycles. The molecule has 0 spiro atoms. The maximum absolute atomic E-state index is 11.0. The number of hydrogen-bond donors (Lipinski definition) is 1. The lowest BCUT2D eigenvalue weighted by atomic mass is 10.5. The van der Waals surface area contributed by atoms with Crippen LogP contribution in [0.15, 0.2) is 0 Å². The lowest BCUT2D eigenvalue weighted by molar-refractivity contribution is 0.893. The van der Waals surface area contributed by atoms with E-state index in [-0.39, 0.29) is 0 Å². The van der Waals surface area contributed by atoms with Crippen molar-refractivity contribution in [1.29, 1.82) is 0 Å². The van der Waals surface area contributed by atoms with Crippen molar-refractivity contribution in [1.82, 2.24) is 0 Å². The van der Waals surface area contributed by atoms with Gasteiger partial charge in [-0.1, -0.05) is 0 Å². The van der Waals surface area contributed by atoms with Gasteiger partial charge >= 0.3 is 0 Å². The maximum Gasteiger partial charge on any atom is 0.0443 e. The first kappa shape index (κ1) is 6.24. The van der Waals surface area contributed by atoms with E-state index in [1.165, 1.54) is 0 Å². The van der Waals surface area contributed by atoms with Crippen molar-refractivity contribution in [2.45, 2.75) is 6.42 Å². The molecular weight excluding hydrogens is 101 g/mol. The first-order valence-electron chi connectivity index (χ1n) is 1.85. The Hall–Kier alpha value is 0.240. The van der Waals surface area contributed by atoms with Gasteiger partial charge in [0.2, 0.25) is 0 Å². The molecule has 6 heavy (non-hydrogen) atoms. The summed E-state index contributed by atoms with van der Waals surface area (Å²) in [7, 11) is 0. The van der Waals surface area contributed by atoms with E-state index in [0.29, 0.717) is 24.4 Å². The van der Waals surface area contributed by atoms with Gasteiger partial charge in [-0.15, -0.1) is 0 Å². The van der Waals surface area contributed by atoms with Gasteiger partial charge in [-0.25, -0.2) is 0 Å². The summed E-state index contributed by atoms with van der Waals surface area (Å²) in [6.45, 7) is 0.594. The molecule has 0 radical (unpaired) electrons. The Morgan fingerprint density at radius 2 is 2.33 bits per heavy atom. The van der Waals surface area contributed by atoms with Crippen molar-refractivity contribution in [3.05, 3.63) is 0 Å². The Bertz CT molecular complexity index is 22.8. The van der Waals surface area contributed by atoms with E-state index in [0.717, 1.165) is 6.42 Å². The van der Waals surface area contributed by atoms with Crippen LogP contribution in [0, 0.1) is 0 Å². The molecule has 0 amide bonds. The predicted molar refractivity (Wildman–Crippen MR) is 27.2 cm³/mol. The lowest BCUT2D eigenvalue weighted by Crippen LogP contribution is -1.98. The zero-order valence-corrected chi connectivity index (χ0v) is 4.30. The summed E-state index contributed by atoms with van der Waals surface area (Å²) in [4.78, 5) is 0. The van der Waals surface area contributed by atoms with Crippen molar-refractivity contribution >= 4 is 12.1 Å². The molecule has 1 nitrogen and oxygen atoms in total. The van der Waals surface area contributed by atoms with E-state index < -0.39 is 0 Å². The molecule has 3 heteroatoms. The highest BCUT2D eigenvalue weighted by atomic mass is 32.2. The fourth-order valence-electron chi connectivity index (χ4n) is 0.138. The highest BCUT2D eigenvalue weighted by Gasteiger charge is 1.79. The van der Waals surface area contributed by atoms with Crippen LogP contribution >= 0.6 is 12.1 Å². The average molecular weight is 109 g/mol. The summed E-state index contributed by atoms with van der Waals surface area (Å²) in [5, 5.41) is 0. The van der Waals surface area contributed by atoms with Gasteiger partial charge in [0, 0.05) is 17.9 Å². The minimum absolute atomic E-state index is 0.346. The highest BCUT2D eigenvalue weighted by Crippen LogP contribution is 1.99. The van der Waals surface area contributed by atoms with Crippen molar-refractivity contribution in [3.63, 3.8) is 0 Å². The molecule has 0 fully saturated rings. The summed E-state index contributed by atoms with van der Waals surface area (Å²) in [5.74, 6) is 0.538. The van der Waals surface area contributed by atoms with Gasteiger partial charge in [-0.3, -0.25) is 0 Å². The molecule has 0 aromatic rings. The minimum Gasteiger partial charge on any atom is -0.330 e. The molecule has 0 bridgehead atoms. The number of rotatable bonds is 3. The van der Waals surface area contributed by atoms with Crippen molar-refractivity contribution in [2.24, 2.45) is 5.73 Å². The van der Waals surface area contributed by atoms with Crippen LogP contribution in [0.25, 0.3) is 0 Å². The van der Waals surface area contributed by atoms with Gasteiger partial charge in [0.25, 0.3) is 0 Å². The largest absolute Gasteiger partial charge is 0.330 e. The molecule has 0 unspecified atom stereocenters. The van der Waals surface area contributed by atoms with Crippen LogP contribution in [0.3, 0.4) is 0 Å². The molecule has 0 aromatic heterocycles. The molecule has 38 valence electrons. The van der Waals surface area contributed by atoms with Gasteiger partial charge in [0.05, 0.1) is 0 Å².